The topological polar surface area (TPSA) is 6.48 Å². The molecule has 0 aromatic heterocycles. The summed E-state index contributed by atoms with van der Waals surface area (Å²) in [5, 5.41) is 0. The van der Waals surface area contributed by atoms with E-state index in [1.54, 1.807) is 0 Å². The largest absolute Gasteiger partial charge is 0.374 e. The Morgan fingerprint density at radius 1 is 1.33 bits per heavy atom. The quantitative estimate of drug-likeness (QED) is 0.576. The van der Waals surface area contributed by atoms with Crippen LogP contribution in [0.1, 0.15) is 13.3 Å². The molecule has 0 N–H and O–H groups in total. The normalized spacial score (nSPS) is 27.7. The van der Waals surface area contributed by atoms with Gasteiger partial charge in [0, 0.05) is 30.7 Å². The Morgan fingerprint density at radius 3 is 2.42 bits per heavy atom. The molecule has 2 heterocycles. The molecule has 2 rings (SSSR count). The van der Waals surface area contributed by atoms with Gasteiger partial charge in [-0.2, -0.15) is 0 Å². The first-order valence-electron chi connectivity index (χ1n) is 4.70. The van der Waals surface area contributed by atoms with Crippen molar-refractivity contribution in [3.63, 3.8) is 0 Å². The van der Waals surface area contributed by atoms with Crippen molar-refractivity contribution in [3.8, 4) is 0 Å². The molecule has 2 saturated heterocycles. The fourth-order valence-corrected chi connectivity index (χ4v) is 2.45. The van der Waals surface area contributed by atoms with Crippen LogP contribution in [0.2, 0.25) is 0 Å². The summed E-state index contributed by atoms with van der Waals surface area (Å²) in [5.41, 5.74) is 1.86. The predicted molar refractivity (Wildman–Crippen MR) is 50.9 cm³/mol. The minimum atomic E-state index is 0.633. The van der Waals surface area contributed by atoms with Gasteiger partial charge in [-0.3, -0.25) is 0 Å². The van der Waals surface area contributed by atoms with E-state index >= 15 is 0 Å². The maximum absolute atomic E-state index is 3.96. The van der Waals surface area contributed by atoms with E-state index in [1.165, 1.54) is 38.3 Å². The summed E-state index contributed by atoms with van der Waals surface area (Å²) in [7, 11) is 2.22. The van der Waals surface area contributed by atoms with Crippen molar-refractivity contribution in [2.75, 3.05) is 33.2 Å². The van der Waals surface area contributed by atoms with Gasteiger partial charge in [0.1, 0.15) is 0 Å². The van der Waals surface area contributed by atoms with Crippen LogP contribution in [-0.4, -0.2) is 43.0 Å². The number of allylic oxidation sites excluding steroid dienone is 1. The van der Waals surface area contributed by atoms with Crippen LogP contribution in [0, 0.1) is 5.41 Å². The van der Waals surface area contributed by atoms with Gasteiger partial charge in [-0.1, -0.05) is 6.58 Å². The molecule has 2 aliphatic heterocycles. The van der Waals surface area contributed by atoms with Gasteiger partial charge in [-0.25, -0.2) is 0 Å². The van der Waals surface area contributed by atoms with Crippen LogP contribution in [0.15, 0.2) is 12.3 Å². The van der Waals surface area contributed by atoms with Crippen molar-refractivity contribution in [1.82, 2.24) is 9.80 Å². The van der Waals surface area contributed by atoms with Gasteiger partial charge in [0.25, 0.3) is 0 Å². The Morgan fingerprint density at radius 2 is 2.00 bits per heavy atom. The second kappa shape index (κ2) is 2.49. The molecule has 1 spiro atoms. The van der Waals surface area contributed by atoms with E-state index in [0.717, 1.165) is 0 Å². The maximum atomic E-state index is 3.96. The second-order valence-corrected chi connectivity index (χ2v) is 4.58. The first-order valence-corrected chi connectivity index (χ1v) is 4.70. The van der Waals surface area contributed by atoms with E-state index in [0.29, 0.717) is 5.41 Å². The summed E-state index contributed by atoms with van der Waals surface area (Å²) >= 11 is 0. The highest BCUT2D eigenvalue weighted by molar-refractivity contribution is 5.07. The van der Waals surface area contributed by atoms with Crippen LogP contribution in [0.5, 0.6) is 0 Å². The molecule has 68 valence electrons. The van der Waals surface area contributed by atoms with E-state index in [9.17, 15) is 0 Å². The van der Waals surface area contributed by atoms with Gasteiger partial charge in [-0.05, 0) is 26.9 Å². The third kappa shape index (κ3) is 1.14. The Hall–Kier alpha value is -0.500. The van der Waals surface area contributed by atoms with Crippen LogP contribution in [0.3, 0.4) is 0 Å². The molecule has 0 atom stereocenters. The first-order chi connectivity index (χ1) is 5.61. The van der Waals surface area contributed by atoms with E-state index < -0.39 is 0 Å². The van der Waals surface area contributed by atoms with Gasteiger partial charge in [0.2, 0.25) is 0 Å². The van der Waals surface area contributed by atoms with Crippen LogP contribution < -0.4 is 0 Å². The lowest BCUT2D eigenvalue weighted by Gasteiger charge is -2.49. The molecule has 2 fully saturated rings. The van der Waals surface area contributed by atoms with Crippen LogP contribution in [0.4, 0.5) is 0 Å². The second-order valence-electron chi connectivity index (χ2n) is 4.58. The van der Waals surface area contributed by atoms with E-state index in [1.807, 2.05) is 0 Å². The third-order valence-corrected chi connectivity index (χ3v) is 3.22. The summed E-state index contributed by atoms with van der Waals surface area (Å²) in [5.74, 6) is 0. The van der Waals surface area contributed by atoms with E-state index in [-0.39, 0.29) is 0 Å². The highest BCUT2D eigenvalue weighted by Gasteiger charge is 2.46. The highest BCUT2D eigenvalue weighted by atomic mass is 15.3. The molecule has 0 aromatic rings. The lowest BCUT2D eigenvalue weighted by molar-refractivity contribution is 0.0402. The van der Waals surface area contributed by atoms with Crippen molar-refractivity contribution < 1.29 is 0 Å². The van der Waals surface area contributed by atoms with Crippen molar-refractivity contribution in [2.45, 2.75) is 13.3 Å². The minimum absolute atomic E-state index is 0.633. The summed E-state index contributed by atoms with van der Waals surface area (Å²) in [6, 6.07) is 0. The zero-order valence-corrected chi connectivity index (χ0v) is 8.14. The molecule has 0 aromatic carbocycles. The van der Waals surface area contributed by atoms with Crippen LogP contribution in [0.25, 0.3) is 0 Å². The molecule has 12 heavy (non-hydrogen) atoms. The molecule has 0 amide bonds. The van der Waals surface area contributed by atoms with Crippen LogP contribution >= 0.6 is 0 Å². The maximum Gasteiger partial charge on any atom is 0.0261 e. The number of nitrogens with zero attached hydrogens (tertiary/aromatic N) is 2. The Labute approximate surface area is 74.8 Å². The Bertz CT molecular complexity index is 204. The van der Waals surface area contributed by atoms with E-state index in [4.69, 9.17) is 0 Å². The summed E-state index contributed by atoms with van der Waals surface area (Å²) in [4.78, 5) is 4.83. The van der Waals surface area contributed by atoms with Crippen molar-refractivity contribution in [3.05, 3.63) is 12.3 Å². The fraction of sp³-hybridized carbons (Fsp3) is 0.800. The number of rotatable bonds is 1. The molecule has 0 aliphatic carbocycles. The number of likely N-dealkylation sites (tertiary alicyclic amines) is 2. The number of hydrogen-bond acceptors (Lipinski definition) is 2. The zero-order chi connectivity index (χ0) is 8.77. The summed E-state index contributed by atoms with van der Waals surface area (Å²) in [6.45, 7) is 11.1. The van der Waals surface area contributed by atoms with Gasteiger partial charge >= 0.3 is 0 Å². The predicted octanol–water partition coefficient (Wildman–Crippen LogP) is 1.16. The SMILES string of the molecule is C=C(C)N1CC2(CCN(C)C2)C1. The van der Waals surface area contributed by atoms with Gasteiger partial charge < -0.3 is 9.80 Å². The minimum Gasteiger partial charge on any atom is -0.374 e. The standard InChI is InChI=1S/C10H18N2/c1-9(2)12-7-10(8-12)4-5-11(3)6-10/h1,4-8H2,2-3H3. The molecule has 0 radical (unpaired) electrons. The van der Waals surface area contributed by atoms with Crippen molar-refractivity contribution >= 4 is 0 Å². The molecule has 2 aliphatic rings. The average molecular weight is 166 g/mol. The molecular formula is C10H18N2. The van der Waals surface area contributed by atoms with Crippen molar-refractivity contribution in [2.24, 2.45) is 5.41 Å². The zero-order valence-electron chi connectivity index (χ0n) is 8.14. The Balaban J connectivity index is 1.91. The van der Waals surface area contributed by atoms with Gasteiger partial charge in [-0.15, -0.1) is 0 Å². The molecule has 0 saturated carbocycles. The molecule has 2 heteroatoms. The lowest BCUT2D eigenvalue weighted by atomic mass is 9.79. The summed E-state index contributed by atoms with van der Waals surface area (Å²) in [6.07, 6.45) is 1.38. The van der Waals surface area contributed by atoms with Crippen molar-refractivity contribution in [1.29, 1.82) is 0 Å². The molecule has 0 bridgehead atoms. The third-order valence-electron chi connectivity index (χ3n) is 3.22. The fourth-order valence-electron chi connectivity index (χ4n) is 2.45. The first kappa shape index (κ1) is 8.11. The molecule has 0 unspecified atom stereocenters. The van der Waals surface area contributed by atoms with Gasteiger partial charge in [0.05, 0.1) is 0 Å². The lowest BCUT2D eigenvalue weighted by Crippen LogP contribution is -2.56. The monoisotopic (exact) mass is 166 g/mol. The van der Waals surface area contributed by atoms with Gasteiger partial charge in [0.15, 0.2) is 0 Å². The highest BCUT2D eigenvalue weighted by Crippen LogP contribution is 2.40. The average Bonchev–Trinajstić information content (AvgIpc) is 2.27. The number of hydrogen-bond donors (Lipinski definition) is 0. The smallest absolute Gasteiger partial charge is 0.0261 e. The Kier molecular flexibility index (Phi) is 1.69. The van der Waals surface area contributed by atoms with Crippen LogP contribution in [-0.2, 0) is 0 Å². The molecular weight excluding hydrogens is 148 g/mol. The van der Waals surface area contributed by atoms with E-state index in [2.05, 4.69) is 30.4 Å². The summed E-state index contributed by atoms with van der Waals surface area (Å²) < 4.78 is 0. The molecule has 2 nitrogen and oxygen atoms in total.